The Balaban J connectivity index is 2.38. The van der Waals surface area contributed by atoms with E-state index in [-0.39, 0.29) is 19.0 Å². The number of hydrogen-bond acceptors (Lipinski definition) is 4. The molecule has 1 heterocycles. The number of carbonyl (C=O) groups is 2. The van der Waals surface area contributed by atoms with Crippen LogP contribution in [0.4, 0.5) is 4.79 Å². The highest BCUT2D eigenvalue weighted by molar-refractivity contribution is 5.75. The van der Waals surface area contributed by atoms with Crippen LogP contribution >= 0.6 is 0 Å². The van der Waals surface area contributed by atoms with Crippen molar-refractivity contribution in [1.29, 1.82) is 0 Å². The Labute approximate surface area is 111 Å². The Morgan fingerprint density at radius 2 is 2.11 bits per heavy atom. The second-order valence-corrected chi connectivity index (χ2v) is 4.18. The Bertz CT molecular complexity index is 433. The van der Waals surface area contributed by atoms with Crippen LogP contribution < -0.4 is 10.6 Å². The van der Waals surface area contributed by atoms with Crippen molar-refractivity contribution in [1.82, 2.24) is 20.6 Å². The van der Waals surface area contributed by atoms with Crippen LogP contribution in [0.15, 0.2) is 12.4 Å². The first-order valence-corrected chi connectivity index (χ1v) is 6.05. The van der Waals surface area contributed by atoms with Crippen LogP contribution in [0.25, 0.3) is 0 Å². The molecule has 0 fully saturated rings. The van der Waals surface area contributed by atoms with Crippen LogP contribution in [0, 0.1) is 6.92 Å². The number of carboxylic acid groups (broad SMARTS) is 1. The highest BCUT2D eigenvalue weighted by Crippen LogP contribution is 1.98. The van der Waals surface area contributed by atoms with E-state index in [2.05, 4.69) is 20.6 Å². The molecule has 2 amide bonds. The standard InChI is InChI=1S/C12H18N4O3/c1-3-9(4-11(17)18)16-12(19)15-7-10-6-13-8(2)5-14-10/h5-6,9H,3-4,7H2,1-2H3,(H,17,18)(H2,15,16,19). The molecule has 0 aliphatic rings. The van der Waals surface area contributed by atoms with E-state index in [1.165, 1.54) is 0 Å². The van der Waals surface area contributed by atoms with Gasteiger partial charge in [-0.2, -0.15) is 0 Å². The zero-order valence-electron chi connectivity index (χ0n) is 11.0. The van der Waals surface area contributed by atoms with Crippen LogP contribution in [-0.4, -0.2) is 33.1 Å². The van der Waals surface area contributed by atoms with E-state index in [0.29, 0.717) is 12.1 Å². The summed E-state index contributed by atoms with van der Waals surface area (Å²) in [7, 11) is 0. The van der Waals surface area contributed by atoms with Crippen molar-refractivity contribution in [2.45, 2.75) is 39.3 Å². The largest absolute Gasteiger partial charge is 0.481 e. The van der Waals surface area contributed by atoms with Gasteiger partial charge in [-0.15, -0.1) is 0 Å². The van der Waals surface area contributed by atoms with Crippen LogP contribution in [0.1, 0.15) is 31.2 Å². The number of hydrogen-bond donors (Lipinski definition) is 3. The summed E-state index contributed by atoms with van der Waals surface area (Å²) < 4.78 is 0. The number of amides is 2. The molecule has 1 aromatic rings. The first-order chi connectivity index (χ1) is 9.01. The Morgan fingerprint density at radius 3 is 2.63 bits per heavy atom. The molecule has 19 heavy (non-hydrogen) atoms. The molecule has 1 rings (SSSR count). The van der Waals surface area contributed by atoms with Gasteiger partial charge in [-0.05, 0) is 13.3 Å². The highest BCUT2D eigenvalue weighted by atomic mass is 16.4. The SMILES string of the molecule is CCC(CC(=O)O)NC(=O)NCc1cnc(C)cn1. The lowest BCUT2D eigenvalue weighted by atomic mass is 10.1. The molecular weight excluding hydrogens is 248 g/mol. The molecule has 7 heteroatoms. The summed E-state index contributed by atoms with van der Waals surface area (Å²) in [6, 6.07) is -0.780. The molecule has 0 bridgehead atoms. The van der Waals surface area contributed by atoms with Gasteiger partial charge in [0.25, 0.3) is 0 Å². The summed E-state index contributed by atoms with van der Waals surface area (Å²) in [5, 5.41) is 13.9. The Hall–Kier alpha value is -2.18. The van der Waals surface area contributed by atoms with Gasteiger partial charge in [0, 0.05) is 12.2 Å². The van der Waals surface area contributed by atoms with Crippen molar-refractivity contribution in [3.63, 3.8) is 0 Å². The first kappa shape index (κ1) is 14.9. The van der Waals surface area contributed by atoms with Gasteiger partial charge in [0.05, 0.1) is 30.6 Å². The maximum atomic E-state index is 11.6. The van der Waals surface area contributed by atoms with Crippen molar-refractivity contribution in [2.75, 3.05) is 0 Å². The minimum atomic E-state index is -0.934. The summed E-state index contributed by atoms with van der Waals surface area (Å²) in [6.07, 6.45) is 3.68. The van der Waals surface area contributed by atoms with Gasteiger partial charge in [-0.1, -0.05) is 6.92 Å². The van der Waals surface area contributed by atoms with E-state index in [4.69, 9.17) is 5.11 Å². The zero-order chi connectivity index (χ0) is 14.3. The van der Waals surface area contributed by atoms with E-state index >= 15 is 0 Å². The van der Waals surface area contributed by atoms with Crippen molar-refractivity contribution in [3.05, 3.63) is 23.8 Å². The second kappa shape index (κ2) is 7.30. The maximum absolute atomic E-state index is 11.6. The highest BCUT2D eigenvalue weighted by Gasteiger charge is 2.13. The third-order valence-corrected chi connectivity index (χ3v) is 2.51. The van der Waals surface area contributed by atoms with Gasteiger partial charge in [-0.25, -0.2) is 4.79 Å². The lowest BCUT2D eigenvalue weighted by Gasteiger charge is -2.15. The molecule has 3 N–H and O–H groups in total. The smallest absolute Gasteiger partial charge is 0.315 e. The van der Waals surface area contributed by atoms with E-state index < -0.39 is 12.0 Å². The summed E-state index contributed by atoms with van der Waals surface area (Å²) in [5.74, 6) is -0.934. The van der Waals surface area contributed by atoms with Crippen LogP contribution in [0.5, 0.6) is 0 Å². The summed E-state index contributed by atoms with van der Waals surface area (Å²) >= 11 is 0. The summed E-state index contributed by atoms with van der Waals surface area (Å²) in [6.45, 7) is 3.90. The lowest BCUT2D eigenvalue weighted by molar-refractivity contribution is -0.137. The van der Waals surface area contributed by atoms with Crippen molar-refractivity contribution in [2.24, 2.45) is 0 Å². The molecule has 104 valence electrons. The van der Waals surface area contributed by atoms with E-state index in [1.807, 2.05) is 13.8 Å². The number of carboxylic acids is 1. The van der Waals surface area contributed by atoms with Gasteiger partial charge in [0.2, 0.25) is 0 Å². The quantitative estimate of drug-likeness (QED) is 0.707. The van der Waals surface area contributed by atoms with E-state index in [1.54, 1.807) is 12.4 Å². The zero-order valence-corrected chi connectivity index (χ0v) is 11.0. The molecule has 0 aliphatic carbocycles. The minimum absolute atomic E-state index is 0.0890. The molecule has 0 aliphatic heterocycles. The fourth-order valence-corrected chi connectivity index (χ4v) is 1.43. The molecule has 0 saturated carbocycles. The van der Waals surface area contributed by atoms with Gasteiger partial charge < -0.3 is 15.7 Å². The van der Waals surface area contributed by atoms with Crippen molar-refractivity contribution >= 4 is 12.0 Å². The average molecular weight is 266 g/mol. The molecule has 7 nitrogen and oxygen atoms in total. The number of aliphatic carboxylic acids is 1. The Kier molecular flexibility index (Phi) is 5.72. The van der Waals surface area contributed by atoms with Gasteiger partial charge >= 0.3 is 12.0 Å². The normalized spacial score (nSPS) is 11.7. The Morgan fingerprint density at radius 1 is 1.37 bits per heavy atom. The molecule has 0 saturated heterocycles. The number of rotatable bonds is 6. The maximum Gasteiger partial charge on any atom is 0.315 e. The van der Waals surface area contributed by atoms with Gasteiger partial charge in [-0.3, -0.25) is 14.8 Å². The van der Waals surface area contributed by atoms with Crippen molar-refractivity contribution in [3.8, 4) is 0 Å². The lowest BCUT2D eigenvalue weighted by Crippen LogP contribution is -2.42. The van der Waals surface area contributed by atoms with Crippen LogP contribution in [-0.2, 0) is 11.3 Å². The van der Waals surface area contributed by atoms with Gasteiger partial charge in [0.15, 0.2) is 0 Å². The van der Waals surface area contributed by atoms with Crippen LogP contribution in [0.3, 0.4) is 0 Å². The molecular formula is C12H18N4O3. The molecule has 1 unspecified atom stereocenters. The summed E-state index contributed by atoms with van der Waals surface area (Å²) in [5.41, 5.74) is 1.45. The predicted octanol–water partition coefficient (Wildman–Crippen LogP) is 0.838. The number of aromatic nitrogens is 2. The molecule has 0 spiro atoms. The van der Waals surface area contributed by atoms with E-state index in [9.17, 15) is 9.59 Å². The third kappa shape index (κ3) is 5.80. The number of urea groups is 1. The summed E-state index contributed by atoms with van der Waals surface area (Å²) in [4.78, 5) is 30.3. The minimum Gasteiger partial charge on any atom is -0.481 e. The fourth-order valence-electron chi connectivity index (χ4n) is 1.43. The average Bonchev–Trinajstić information content (AvgIpc) is 2.36. The molecule has 1 aromatic heterocycles. The van der Waals surface area contributed by atoms with Gasteiger partial charge in [0.1, 0.15) is 0 Å². The number of aryl methyl sites for hydroxylation is 1. The predicted molar refractivity (Wildman–Crippen MR) is 68.5 cm³/mol. The monoisotopic (exact) mass is 266 g/mol. The fraction of sp³-hybridized carbons (Fsp3) is 0.500. The number of nitrogens with one attached hydrogen (secondary N) is 2. The molecule has 1 atom stereocenters. The topological polar surface area (TPSA) is 104 Å². The third-order valence-electron chi connectivity index (χ3n) is 2.51. The molecule has 0 radical (unpaired) electrons. The van der Waals surface area contributed by atoms with E-state index in [0.717, 1.165) is 5.69 Å². The van der Waals surface area contributed by atoms with Crippen LogP contribution in [0.2, 0.25) is 0 Å². The number of carbonyl (C=O) groups excluding carboxylic acids is 1. The molecule has 0 aromatic carbocycles. The first-order valence-electron chi connectivity index (χ1n) is 6.05. The second-order valence-electron chi connectivity index (χ2n) is 4.18. The number of nitrogens with zero attached hydrogens (tertiary/aromatic N) is 2. The van der Waals surface area contributed by atoms with Crippen molar-refractivity contribution < 1.29 is 14.7 Å².